The maximum absolute atomic E-state index is 12.7. The third-order valence-corrected chi connectivity index (χ3v) is 4.92. The second-order valence-corrected chi connectivity index (χ2v) is 7.12. The molecular formula is C16H21BrN2O2S. The Morgan fingerprint density at radius 2 is 2.14 bits per heavy atom. The van der Waals surface area contributed by atoms with E-state index in [1.54, 1.807) is 16.3 Å². The molecule has 0 saturated carbocycles. The number of aliphatic hydroxyl groups excluding tert-OH is 1. The summed E-state index contributed by atoms with van der Waals surface area (Å²) in [5, 5.41) is 10.3. The van der Waals surface area contributed by atoms with Crippen molar-refractivity contribution in [2.45, 2.75) is 44.3 Å². The van der Waals surface area contributed by atoms with E-state index in [1.807, 2.05) is 18.2 Å². The van der Waals surface area contributed by atoms with Crippen LogP contribution in [0.25, 0.3) is 10.9 Å². The largest absolute Gasteiger partial charge is 0.396 e. The zero-order chi connectivity index (χ0) is 15.9. The Kier molecular flexibility index (Phi) is 6.92. The molecule has 0 radical (unpaired) electrons. The van der Waals surface area contributed by atoms with Gasteiger partial charge in [0, 0.05) is 23.4 Å². The van der Waals surface area contributed by atoms with Crippen molar-refractivity contribution in [3.05, 3.63) is 33.0 Å². The van der Waals surface area contributed by atoms with Gasteiger partial charge in [-0.3, -0.25) is 9.36 Å². The molecule has 0 bridgehead atoms. The highest BCUT2D eigenvalue weighted by Gasteiger charge is 2.11. The molecule has 0 aliphatic heterocycles. The first-order chi connectivity index (χ1) is 10.7. The van der Waals surface area contributed by atoms with Gasteiger partial charge in [0.15, 0.2) is 5.16 Å². The summed E-state index contributed by atoms with van der Waals surface area (Å²) in [6.07, 6.45) is 3.76. The van der Waals surface area contributed by atoms with Crippen LogP contribution < -0.4 is 5.56 Å². The van der Waals surface area contributed by atoms with E-state index >= 15 is 0 Å². The van der Waals surface area contributed by atoms with E-state index in [0.717, 1.165) is 46.6 Å². The van der Waals surface area contributed by atoms with Crippen LogP contribution in [0.4, 0.5) is 0 Å². The predicted molar refractivity (Wildman–Crippen MR) is 95.7 cm³/mol. The SMILES string of the molecule is CCCn1c(SCCCCCO)nc2ccc(Br)cc2c1=O. The predicted octanol–water partition coefficient (Wildman–Crippen LogP) is 3.82. The number of hydrogen-bond donors (Lipinski definition) is 1. The fourth-order valence-corrected chi connectivity index (χ4v) is 3.64. The molecule has 22 heavy (non-hydrogen) atoms. The number of halogens is 1. The maximum Gasteiger partial charge on any atom is 0.262 e. The molecule has 1 heterocycles. The van der Waals surface area contributed by atoms with Crippen molar-refractivity contribution in [3.8, 4) is 0 Å². The molecular weight excluding hydrogens is 364 g/mol. The number of aliphatic hydroxyl groups is 1. The van der Waals surface area contributed by atoms with Crippen molar-refractivity contribution in [1.29, 1.82) is 0 Å². The lowest BCUT2D eigenvalue weighted by molar-refractivity contribution is 0.284. The standard InChI is InChI=1S/C16H21BrN2O2S/c1-2-8-19-15(21)13-11-12(17)6-7-14(13)18-16(19)22-10-5-3-4-9-20/h6-7,11,20H,2-5,8-10H2,1H3. The third kappa shape index (κ3) is 4.33. The molecule has 2 rings (SSSR count). The van der Waals surface area contributed by atoms with Gasteiger partial charge in [0.25, 0.3) is 5.56 Å². The van der Waals surface area contributed by atoms with Crippen molar-refractivity contribution in [3.63, 3.8) is 0 Å². The fourth-order valence-electron chi connectivity index (χ4n) is 2.26. The lowest BCUT2D eigenvalue weighted by atomic mass is 10.2. The Balaban J connectivity index is 2.29. The van der Waals surface area contributed by atoms with Crippen LogP contribution in [-0.2, 0) is 6.54 Å². The van der Waals surface area contributed by atoms with Crippen LogP contribution in [0.3, 0.4) is 0 Å². The first-order valence-electron chi connectivity index (χ1n) is 7.61. The highest BCUT2D eigenvalue weighted by molar-refractivity contribution is 9.10. The zero-order valence-corrected chi connectivity index (χ0v) is 15.1. The average molecular weight is 385 g/mol. The summed E-state index contributed by atoms with van der Waals surface area (Å²) in [6, 6.07) is 5.63. The minimum atomic E-state index is 0.0333. The molecule has 0 amide bonds. The van der Waals surface area contributed by atoms with Crippen molar-refractivity contribution < 1.29 is 5.11 Å². The lowest BCUT2D eigenvalue weighted by Crippen LogP contribution is -2.23. The number of thioether (sulfide) groups is 1. The first kappa shape index (κ1) is 17.5. The second kappa shape index (κ2) is 8.70. The van der Waals surface area contributed by atoms with Crippen LogP contribution in [0.15, 0.2) is 32.6 Å². The van der Waals surface area contributed by atoms with Crippen molar-refractivity contribution >= 4 is 38.6 Å². The average Bonchev–Trinajstić information content (AvgIpc) is 2.51. The molecule has 1 aromatic carbocycles. The summed E-state index contributed by atoms with van der Waals surface area (Å²) in [5.41, 5.74) is 0.782. The van der Waals surface area contributed by atoms with Crippen LogP contribution >= 0.6 is 27.7 Å². The molecule has 0 atom stereocenters. The molecule has 0 fully saturated rings. The van der Waals surface area contributed by atoms with Crippen LogP contribution in [0.2, 0.25) is 0 Å². The van der Waals surface area contributed by atoms with E-state index in [1.165, 1.54) is 0 Å². The van der Waals surface area contributed by atoms with Gasteiger partial charge >= 0.3 is 0 Å². The molecule has 0 aliphatic carbocycles. The zero-order valence-electron chi connectivity index (χ0n) is 12.7. The van der Waals surface area contributed by atoms with Gasteiger partial charge in [-0.05, 0) is 37.5 Å². The Morgan fingerprint density at radius 3 is 2.86 bits per heavy atom. The maximum atomic E-state index is 12.7. The van der Waals surface area contributed by atoms with Gasteiger partial charge in [0.1, 0.15) is 0 Å². The van der Waals surface area contributed by atoms with Crippen molar-refractivity contribution in [2.75, 3.05) is 12.4 Å². The highest BCUT2D eigenvalue weighted by Crippen LogP contribution is 2.21. The number of hydrogen-bond acceptors (Lipinski definition) is 4. The fraction of sp³-hybridized carbons (Fsp3) is 0.500. The molecule has 2 aromatic rings. The molecule has 6 heteroatoms. The monoisotopic (exact) mass is 384 g/mol. The lowest BCUT2D eigenvalue weighted by Gasteiger charge is -2.12. The number of unbranched alkanes of at least 4 members (excludes halogenated alkanes) is 2. The Bertz CT molecular complexity index is 688. The Morgan fingerprint density at radius 1 is 1.32 bits per heavy atom. The molecule has 0 spiro atoms. The van der Waals surface area contributed by atoms with Gasteiger partial charge < -0.3 is 5.11 Å². The number of rotatable bonds is 8. The molecule has 0 saturated heterocycles. The Hall–Kier alpha value is -0.850. The highest BCUT2D eigenvalue weighted by atomic mass is 79.9. The van der Waals surface area contributed by atoms with Crippen LogP contribution in [0, 0.1) is 0 Å². The quantitative estimate of drug-likeness (QED) is 0.426. The van der Waals surface area contributed by atoms with Crippen LogP contribution in [-0.4, -0.2) is 27.0 Å². The van der Waals surface area contributed by atoms with E-state index in [2.05, 4.69) is 27.8 Å². The molecule has 4 nitrogen and oxygen atoms in total. The molecule has 120 valence electrons. The number of fused-ring (bicyclic) bond motifs is 1. The first-order valence-corrected chi connectivity index (χ1v) is 9.39. The number of aromatic nitrogens is 2. The summed E-state index contributed by atoms with van der Waals surface area (Å²) in [4.78, 5) is 17.4. The third-order valence-electron chi connectivity index (χ3n) is 3.36. The van der Waals surface area contributed by atoms with Crippen LogP contribution in [0.5, 0.6) is 0 Å². The van der Waals surface area contributed by atoms with Gasteiger partial charge in [-0.15, -0.1) is 0 Å². The normalized spacial score (nSPS) is 11.2. The minimum absolute atomic E-state index is 0.0333. The summed E-state index contributed by atoms with van der Waals surface area (Å²) >= 11 is 5.04. The summed E-state index contributed by atoms with van der Waals surface area (Å²) in [5.74, 6) is 0.915. The van der Waals surface area contributed by atoms with Gasteiger partial charge in [-0.1, -0.05) is 41.0 Å². The van der Waals surface area contributed by atoms with Crippen molar-refractivity contribution in [2.24, 2.45) is 0 Å². The van der Waals surface area contributed by atoms with E-state index in [4.69, 9.17) is 5.11 Å². The van der Waals surface area contributed by atoms with Gasteiger partial charge in [-0.25, -0.2) is 4.98 Å². The minimum Gasteiger partial charge on any atom is -0.396 e. The van der Waals surface area contributed by atoms with Gasteiger partial charge in [0.2, 0.25) is 0 Å². The molecule has 1 N–H and O–H groups in total. The van der Waals surface area contributed by atoms with E-state index in [-0.39, 0.29) is 12.2 Å². The molecule has 0 unspecified atom stereocenters. The number of benzene rings is 1. The van der Waals surface area contributed by atoms with E-state index in [9.17, 15) is 4.79 Å². The number of nitrogens with zero attached hydrogens (tertiary/aromatic N) is 2. The van der Waals surface area contributed by atoms with E-state index < -0.39 is 0 Å². The van der Waals surface area contributed by atoms with Gasteiger partial charge in [-0.2, -0.15) is 0 Å². The topological polar surface area (TPSA) is 55.1 Å². The Labute approximate surface area is 143 Å². The summed E-state index contributed by atoms with van der Waals surface area (Å²) in [6.45, 7) is 2.99. The van der Waals surface area contributed by atoms with E-state index in [0.29, 0.717) is 11.9 Å². The molecule has 1 aromatic heterocycles. The van der Waals surface area contributed by atoms with Crippen LogP contribution in [0.1, 0.15) is 32.6 Å². The smallest absolute Gasteiger partial charge is 0.262 e. The van der Waals surface area contributed by atoms with Crippen molar-refractivity contribution in [1.82, 2.24) is 9.55 Å². The summed E-state index contributed by atoms with van der Waals surface area (Å²) < 4.78 is 2.68. The van der Waals surface area contributed by atoms with Gasteiger partial charge in [0.05, 0.1) is 10.9 Å². The summed E-state index contributed by atoms with van der Waals surface area (Å²) in [7, 11) is 0. The molecule has 0 aliphatic rings. The second-order valence-electron chi connectivity index (χ2n) is 5.15.